The zero-order valence-corrected chi connectivity index (χ0v) is 20.2. The lowest BCUT2D eigenvalue weighted by Crippen LogP contribution is -2.48. The van der Waals surface area contributed by atoms with Gasteiger partial charge in [-0.2, -0.15) is 5.10 Å². The molecule has 0 aromatic heterocycles. The molecule has 2 N–H and O–H groups in total. The van der Waals surface area contributed by atoms with Crippen molar-refractivity contribution in [2.45, 2.75) is 39.8 Å². The number of rotatable bonds is 9. The van der Waals surface area contributed by atoms with Gasteiger partial charge in [0.05, 0.1) is 29.5 Å². The third kappa shape index (κ3) is 6.78. The standard InChI is InChI=1S/C23H27BrFN3O4/c1-13(2)20(27-22(29)16-8-6-7-9-18(16)25)23(30)28-26-12-15-10-17(24)21(32-14(3)4)19(11-15)31-5/h6-14,20H,1-5H3,(H,27,29)(H,28,30). The summed E-state index contributed by atoms with van der Waals surface area (Å²) in [6, 6.07) is 8.18. The lowest BCUT2D eigenvalue weighted by atomic mass is 10.0. The first-order valence-electron chi connectivity index (χ1n) is 10.1. The number of amides is 2. The second-order valence-electron chi connectivity index (χ2n) is 7.61. The molecule has 32 heavy (non-hydrogen) atoms. The third-order valence-electron chi connectivity index (χ3n) is 4.35. The molecule has 0 saturated heterocycles. The van der Waals surface area contributed by atoms with Crippen molar-refractivity contribution in [1.82, 2.24) is 10.7 Å². The van der Waals surface area contributed by atoms with Gasteiger partial charge in [-0.05, 0) is 65.5 Å². The molecule has 0 bridgehead atoms. The zero-order valence-electron chi connectivity index (χ0n) is 18.6. The van der Waals surface area contributed by atoms with Crippen LogP contribution in [-0.2, 0) is 4.79 Å². The summed E-state index contributed by atoms with van der Waals surface area (Å²) in [5.74, 6) is -1.02. The number of methoxy groups -OCH3 is 1. The fourth-order valence-electron chi connectivity index (χ4n) is 2.80. The highest BCUT2D eigenvalue weighted by Crippen LogP contribution is 2.36. The number of carbonyl (C=O) groups is 2. The van der Waals surface area contributed by atoms with Crippen molar-refractivity contribution >= 4 is 34.0 Å². The number of nitrogens with zero attached hydrogens (tertiary/aromatic N) is 1. The minimum atomic E-state index is -0.901. The Hall–Kier alpha value is -2.94. The lowest BCUT2D eigenvalue weighted by molar-refractivity contribution is -0.123. The Morgan fingerprint density at radius 2 is 1.84 bits per heavy atom. The molecule has 0 aliphatic carbocycles. The Balaban J connectivity index is 2.11. The molecule has 2 amide bonds. The van der Waals surface area contributed by atoms with Crippen LogP contribution in [0.1, 0.15) is 43.6 Å². The van der Waals surface area contributed by atoms with Gasteiger partial charge < -0.3 is 14.8 Å². The molecule has 0 aliphatic rings. The zero-order chi connectivity index (χ0) is 23.8. The van der Waals surface area contributed by atoms with E-state index in [0.29, 0.717) is 21.5 Å². The summed E-state index contributed by atoms with van der Waals surface area (Å²) in [6.07, 6.45) is 1.41. The minimum Gasteiger partial charge on any atom is -0.493 e. The first-order chi connectivity index (χ1) is 15.1. The average Bonchev–Trinajstić information content (AvgIpc) is 2.73. The second kappa shape index (κ2) is 11.6. The summed E-state index contributed by atoms with van der Waals surface area (Å²) in [5.41, 5.74) is 2.95. The highest BCUT2D eigenvalue weighted by molar-refractivity contribution is 9.10. The maximum absolute atomic E-state index is 13.9. The number of ether oxygens (including phenoxy) is 2. The number of benzene rings is 2. The molecule has 7 nitrogen and oxygen atoms in total. The van der Waals surface area contributed by atoms with E-state index in [1.807, 2.05) is 13.8 Å². The summed E-state index contributed by atoms with van der Waals surface area (Å²) < 4.78 is 25.7. The van der Waals surface area contributed by atoms with E-state index in [-0.39, 0.29) is 17.6 Å². The molecule has 0 spiro atoms. The summed E-state index contributed by atoms with van der Waals surface area (Å²) in [7, 11) is 1.53. The van der Waals surface area contributed by atoms with Crippen molar-refractivity contribution in [2.75, 3.05) is 7.11 Å². The molecule has 1 unspecified atom stereocenters. The SMILES string of the molecule is COc1cc(C=NNC(=O)C(NC(=O)c2ccccc2F)C(C)C)cc(Br)c1OC(C)C. The second-order valence-corrected chi connectivity index (χ2v) is 8.46. The molecule has 2 aromatic rings. The Kier molecular flexibility index (Phi) is 9.19. The number of hydrogen-bond donors (Lipinski definition) is 2. The molecule has 0 saturated carbocycles. The Bertz CT molecular complexity index is 995. The van der Waals surface area contributed by atoms with Crippen LogP contribution in [0.4, 0.5) is 4.39 Å². The maximum atomic E-state index is 13.9. The van der Waals surface area contributed by atoms with Crippen LogP contribution in [0.3, 0.4) is 0 Å². The van der Waals surface area contributed by atoms with Crippen molar-refractivity contribution in [3.05, 3.63) is 57.8 Å². The number of nitrogens with one attached hydrogen (secondary N) is 2. The predicted octanol–water partition coefficient (Wildman–Crippen LogP) is 4.29. The molecular weight excluding hydrogens is 481 g/mol. The smallest absolute Gasteiger partial charge is 0.262 e. The predicted molar refractivity (Wildman–Crippen MR) is 125 cm³/mol. The molecule has 2 aromatic carbocycles. The number of carbonyl (C=O) groups excluding carboxylic acids is 2. The van der Waals surface area contributed by atoms with Gasteiger partial charge in [0.2, 0.25) is 0 Å². The van der Waals surface area contributed by atoms with Crippen LogP contribution in [0, 0.1) is 11.7 Å². The lowest BCUT2D eigenvalue weighted by Gasteiger charge is -2.20. The van der Waals surface area contributed by atoms with Gasteiger partial charge in [0.1, 0.15) is 11.9 Å². The van der Waals surface area contributed by atoms with Gasteiger partial charge in [-0.3, -0.25) is 9.59 Å². The van der Waals surface area contributed by atoms with Crippen LogP contribution < -0.4 is 20.2 Å². The van der Waals surface area contributed by atoms with Crippen molar-refractivity contribution in [1.29, 1.82) is 0 Å². The van der Waals surface area contributed by atoms with Crippen LogP contribution in [0.15, 0.2) is 46.0 Å². The van der Waals surface area contributed by atoms with Crippen LogP contribution in [-0.4, -0.2) is 37.3 Å². The van der Waals surface area contributed by atoms with Crippen LogP contribution in [0.2, 0.25) is 0 Å². The van der Waals surface area contributed by atoms with Crippen LogP contribution in [0.25, 0.3) is 0 Å². The third-order valence-corrected chi connectivity index (χ3v) is 4.94. The summed E-state index contributed by atoms with van der Waals surface area (Å²) in [6.45, 7) is 7.36. The number of hydrazone groups is 1. The number of halogens is 2. The first kappa shape index (κ1) is 25.3. The van der Waals surface area contributed by atoms with Gasteiger partial charge in [-0.1, -0.05) is 26.0 Å². The van der Waals surface area contributed by atoms with E-state index < -0.39 is 23.7 Å². The van der Waals surface area contributed by atoms with E-state index >= 15 is 0 Å². The average molecular weight is 508 g/mol. The summed E-state index contributed by atoms with van der Waals surface area (Å²) in [5, 5.41) is 6.55. The topological polar surface area (TPSA) is 89.0 Å². The highest BCUT2D eigenvalue weighted by atomic mass is 79.9. The quantitative estimate of drug-likeness (QED) is 0.391. The molecule has 0 aliphatic heterocycles. The monoisotopic (exact) mass is 507 g/mol. The van der Waals surface area contributed by atoms with Gasteiger partial charge in [0, 0.05) is 0 Å². The molecule has 1 atom stereocenters. The van der Waals surface area contributed by atoms with E-state index in [1.54, 1.807) is 32.0 Å². The fraction of sp³-hybridized carbons (Fsp3) is 0.348. The Labute approximate surface area is 195 Å². The minimum absolute atomic E-state index is 0.0356. The normalized spacial score (nSPS) is 12.2. The molecule has 0 fully saturated rings. The molecule has 9 heteroatoms. The summed E-state index contributed by atoms with van der Waals surface area (Å²) >= 11 is 3.45. The van der Waals surface area contributed by atoms with Crippen molar-refractivity contribution in [3.63, 3.8) is 0 Å². The molecule has 0 heterocycles. The van der Waals surface area contributed by atoms with E-state index in [1.165, 1.54) is 31.5 Å². The fourth-order valence-corrected chi connectivity index (χ4v) is 3.36. The van der Waals surface area contributed by atoms with Crippen molar-refractivity contribution in [3.8, 4) is 11.5 Å². The van der Waals surface area contributed by atoms with E-state index in [2.05, 4.69) is 31.8 Å². The van der Waals surface area contributed by atoms with Crippen LogP contribution in [0.5, 0.6) is 11.5 Å². The van der Waals surface area contributed by atoms with Gasteiger partial charge in [-0.15, -0.1) is 0 Å². The Morgan fingerprint density at radius 1 is 1.16 bits per heavy atom. The largest absolute Gasteiger partial charge is 0.493 e. The van der Waals surface area contributed by atoms with E-state index in [4.69, 9.17) is 9.47 Å². The van der Waals surface area contributed by atoms with Crippen molar-refractivity contribution < 1.29 is 23.5 Å². The molecule has 2 rings (SSSR count). The highest BCUT2D eigenvalue weighted by Gasteiger charge is 2.25. The Morgan fingerprint density at radius 3 is 2.44 bits per heavy atom. The number of hydrogen-bond acceptors (Lipinski definition) is 5. The maximum Gasteiger partial charge on any atom is 0.262 e. The molecular formula is C23H27BrFN3O4. The van der Waals surface area contributed by atoms with E-state index in [0.717, 1.165) is 0 Å². The summed E-state index contributed by atoms with van der Waals surface area (Å²) in [4.78, 5) is 25.0. The molecule has 172 valence electrons. The van der Waals surface area contributed by atoms with E-state index in [9.17, 15) is 14.0 Å². The first-order valence-corrected chi connectivity index (χ1v) is 10.9. The van der Waals surface area contributed by atoms with Gasteiger partial charge in [0.15, 0.2) is 11.5 Å². The van der Waals surface area contributed by atoms with Gasteiger partial charge >= 0.3 is 0 Å². The van der Waals surface area contributed by atoms with Gasteiger partial charge in [-0.25, -0.2) is 9.82 Å². The van der Waals surface area contributed by atoms with Gasteiger partial charge in [0.25, 0.3) is 11.8 Å². The van der Waals surface area contributed by atoms with Crippen LogP contribution >= 0.6 is 15.9 Å². The van der Waals surface area contributed by atoms with Crippen molar-refractivity contribution in [2.24, 2.45) is 11.0 Å². The molecule has 0 radical (unpaired) electrons.